The fraction of sp³-hybridized carbons (Fsp3) is 0.200. The van der Waals surface area contributed by atoms with Crippen LogP contribution in [0.5, 0.6) is 5.75 Å². The Morgan fingerprint density at radius 2 is 1.37 bits per heavy atom. The molecule has 2 nitrogen and oxygen atoms in total. The van der Waals surface area contributed by atoms with Crippen molar-refractivity contribution in [2.45, 2.75) is 13.3 Å². The molecule has 0 aliphatic carbocycles. The topological polar surface area (TPSA) is 21.3 Å². The van der Waals surface area contributed by atoms with Crippen LogP contribution >= 0.6 is 0 Å². The summed E-state index contributed by atoms with van der Waals surface area (Å²) in [4.78, 5) is 0. The van der Waals surface area contributed by atoms with Crippen molar-refractivity contribution in [3.8, 4) is 5.75 Å². The van der Waals surface area contributed by atoms with E-state index in [1.54, 1.807) is 12.1 Å². The van der Waals surface area contributed by atoms with E-state index in [4.69, 9.17) is 10.2 Å². The highest BCUT2D eigenvalue weighted by Gasteiger charge is 2.12. The van der Waals surface area contributed by atoms with Gasteiger partial charge in [0.15, 0.2) is 0 Å². The minimum Gasteiger partial charge on any atom is -0.492 e. The molecule has 0 heterocycles. The Hall–Kier alpha value is -2.84. The summed E-state index contributed by atoms with van der Waals surface area (Å²) in [6.07, 6.45) is 0.845. The Morgan fingerprint density at radius 1 is 0.815 bits per heavy atom. The molecule has 2 heteroatoms. The number of nitrogens with one attached hydrogen (secondary N) is 1. The summed E-state index contributed by atoms with van der Waals surface area (Å²) in [6.45, 7) is -2.72. The van der Waals surface area contributed by atoms with Crippen LogP contribution in [0.3, 0.4) is 0 Å². The van der Waals surface area contributed by atoms with Gasteiger partial charge < -0.3 is 10.1 Å². The lowest BCUT2D eigenvalue weighted by Gasteiger charge is -2.17. The molecule has 0 aliphatic heterocycles. The van der Waals surface area contributed by atoms with Gasteiger partial charge in [-0.1, -0.05) is 79.7 Å². The molecule has 0 aliphatic rings. The van der Waals surface area contributed by atoms with Crippen LogP contribution in [-0.4, -0.2) is 20.1 Å². The molecular weight excluding hydrogens is 330 g/mol. The Morgan fingerprint density at radius 3 is 1.93 bits per heavy atom. The van der Waals surface area contributed by atoms with E-state index in [-0.39, 0.29) is 5.75 Å². The molecule has 3 aromatic carbocycles. The van der Waals surface area contributed by atoms with E-state index in [0.29, 0.717) is 0 Å². The maximum atomic E-state index is 7.95. The molecule has 0 unspecified atom stereocenters. The number of hydrogen-bond acceptors (Lipinski definition) is 2. The van der Waals surface area contributed by atoms with Crippen LogP contribution in [-0.2, 0) is 0 Å². The molecule has 0 amide bonds. The van der Waals surface area contributed by atoms with Crippen molar-refractivity contribution >= 4 is 11.1 Å². The van der Waals surface area contributed by atoms with E-state index in [2.05, 4.69) is 36.5 Å². The summed E-state index contributed by atoms with van der Waals surface area (Å²) in [6, 6.07) is 27.6. The van der Waals surface area contributed by atoms with Crippen LogP contribution < -0.4 is 10.1 Å². The van der Waals surface area contributed by atoms with Crippen LogP contribution in [0.25, 0.3) is 11.1 Å². The summed E-state index contributed by atoms with van der Waals surface area (Å²) in [5.41, 5.74) is 5.55. The zero-order valence-corrected chi connectivity index (χ0v) is 15.7. The fourth-order valence-electron chi connectivity index (χ4n) is 3.11. The number of hydrogen-bond donors (Lipinski definition) is 1. The van der Waals surface area contributed by atoms with Crippen molar-refractivity contribution in [3.63, 3.8) is 0 Å². The Balaban J connectivity index is 2.05. The third-order valence-electron chi connectivity index (χ3n) is 4.33. The second-order valence-corrected chi connectivity index (χ2v) is 6.04. The molecular formula is C25H27NO. The van der Waals surface area contributed by atoms with Gasteiger partial charge >= 0.3 is 0 Å². The van der Waals surface area contributed by atoms with Gasteiger partial charge in [0.05, 0.1) is 2.74 Å². The molecule has 0 fully saturated rings. The first-order valence-electron chi connectivity index (χ1n) is 11.1. The smallest absolute Gasteiger partial charge is 0.119 e. The van der Waals surface area contributed by atoms with Crippen molar-refractivity contribution in [3.05, 3.63) is 102 Å². The van der Waals surface area contributed by atoms with Crippen LogP contribution in [0.2, 0.25) is 0 Å². The Labute approximate surface area is 168 Å². The predicted octanol–water partition coefficient (Wildman–Crippen LogP) is 5.65. The first-order valence-corrected chi connectivity index (χ1v) is 9.11. The molecule has 27 heavy (non-hydrogen) atoms. The highest BCUT2D eigenvalue weighted by atomic mass is 16.5. The van der Waals surface area contributed by atoms with E-state index < -0.39 is 13.1 Å². The van der Waals surface area contributed by atoms with Gasteiger partial charge in [0.2, 0.25) is 0 Å². The largest absolute Gasteiger partial charge is 0.492 e. The highest BCUT2D eigenvalue weighted by molar-refractivity contribution is 5.98. The Kier molecular flexibility index (Phi) is 5.14. The van der Waals surface area contributed by atoms with Gasteiger partial charge in [-0.05, 0) is 53.4 Å². The average Bonchev–Trinajstić information content (AvgIpc) is 2.79. The summed E-state index contributed by atoms with van der Waals surface area (Å²) in [5.74, 6) is 0.262. The second kappa shape index (κ2) is 9.75. The number of benzene rings is 3. The van der Waals surface area contributed by atoms with Gasteiger partial charge in [-0.15, -0.1) is 0 Å². The minimum absolute atomic E-state index is 0.262. The zero-order chi connectivity index (χ0) is 22.5. The minimum atomic E-state index is -2.53. The molecule has 138 valence electrons. The van der Waals surface area contributed by atoms with E-state index in [1.807, 2.05) is 48.5 Å². The molecule has 0 saturated heterocycles. The maximum Gasteiger partial charge on any atom is 0.119 e. The van der Waals surface area contributed by atoms with Crippen LogP contribution in [0, 0.1) is 0 Å². The molecule has 0 aromatic heterocycles. The first kappa shape index (κ1) is 14.2. The third kappa shape index (κ3) is 4.87. The lowest BCUT2D eigenvalue weighted by molar-refractivity contribution is 0.318. The van der Waals surface area contributed by atoms with Gasteiger partial charge in [0, 0.05) is 9.24 Å². The van der Waals surface area contributed by atoms with Gasteiger partial charge in [0.25, 0.3) is 0 Å². The molecule has 1 N–H and O–H groups in total. The monoisotopic (exact) mass is 361 g/mol. The van der Waals surface area contributed by atoms with E-state index >= 15 is 0 Å². The average molecular weight is 362 g/mol. The second-order valence-electron chi connectivity index (χ2n) is 6.04. The van der Waals surface area contributed by atoms with Crippen molar-refractivity contribution in [2.24, 2.45) is 0 Å². The van der Waals surface area contributed by atoms with Gasteiger partial charge in [-0.3, -0.25) is 0 Å². The zero-order valence-electron chi connectivity index (χ0n) is 19.7. The van der Waals surface area contributed by atoms with Gasteiger partial charge in [-0.2, -0.15) is 0 Å². The summed E-state index contributed by atoms with van der Waals surface area (Å²) >= 11 is 0. The standard InChI is InChI=1S/C25H27NO/c1-3-24(20-10-6-4-7-11-20)25(21-12-8-5-9-13-21)22-14-16-23(17-15-22)27-19-18-26-2/h4-17,26H,3,18-19H2,1-2H3/b25-24-/i18D2,19D2. The number of ether oxygens (including phenoxy) is 1. The molecule has 0 radical (unpaired) electrons. The lowest BCUT2D eigenvalue weighted by atomic mass is 9.88. The van der Waals surface area contributed by atoms with Crippen molar-refractivity contribution in [1.29, 1.82) is 0 Å². The van der Waals surface area contributed by atoms with Crippen LogP contribution in [0.4, 0.5) is 0 Å². The number of rotatable bonds is 8. The van der Waals surface area contributed by atoms with Crippen molar-refractivity contribution in [2.75, 3.05) is 20.1 Å². The van der Waals surface area contributed by atoms with Gasteiger partial charge in [-0.25, -0.2) is 0 Å². The van der Waals surface area contributed by atoms with Gasteiger partial charge in [0.1, 0.15) is 12.3 Å². The molecule has 0 spiro atoms. The fourth-order valence-corrected chi connectivity index (χ4v) is 3.11. The van der Waals surface area contributed by atoms with Crippen LogP contribution in [0.15, 0.2) is 84.9 Å². The Bertz CT molecular complexity index is 1020. The summed E-state index contributed by atoms with van der Waals surface area (Å²) < 4.78 is 36.8. The van der Waals surface area contributed by atoms with Crippen molar-refractivity contribution in [1.82, 2.24) is 5.32 Å². The van der Waals surface area contributed by atoms with Crippen molar-refractivity contribution < 1.29 is 10.2 Å². The maximum absolute atomic E-state index is 7.95. The summed E-state index contributed by atoms with van der Waals surface area (Å²) in [5, 5.41) is 2.32. The van der Waals surface area contributed by atoms with E-state index in [1.165, 1.54) is 12.6 Å². The molecule has 0 saturated carbocycles. The van der Waals surface area contributed by atoms with E-state index in [9.17, 15) is 0 Å². The quantitative estimate of drug-likeness (QED) is 0.523. The highest BCUT2D eigenvalue weighted by Crippen LogP contribution is 2.34. The normalized spacial score (nSPS) is 15.0. The molecule has 3 rings (SSSR count). The van der Waals surface area contributed by atoms with Crippen LogP contribution in [0.1, 0.15) is 35.5 Å². The van der Waals surface area contributed by atoms with E-state index in [0.717, 1.165) is 28.7 Å². The SMILES string of the molecule is [2H]C([2H])(NC)C([2H])([2H])Oc1ccc(/C(=C(/CC)c2ccccc2)c2ccccc2)cc1. The lowest BCUT2D eigenvalue weighted by Crippen LogP contribution is -2.15. The summed E-state index contributed by atoms with van der Waals surface area (Å²) in [7, 11) is 1.36. The number of likely N-dealkylation sites (N-methyl/N-ethyl adjacent to an activating group) is 1. The molecule has 0 bridgehead atoms. The molecule has 3 aromatic rings. The predicted molar refractivity (Wildman–Crippen MR) is 115 cm³/mol. The first-order chi connectivity index (χ1) is 14.8. The third-order valence-corrected chi connectivity index (χ3v) is 4.33. The molecule has 0 atom stereocenters. The number of allylic oxidation sites excluding steroid dienone is 1.